The quantitative estimate of drug-likeness (QED) is 0.550. The molecule has 0 saturated heterocycles. The van der Waals surface area contributed by atoms with E-state index in [-0.39, 0.29) is 5.41 Å². The van der Waals surface area contributed by atoms with Crippen LogP contribution in [-0.2, 0) is 20.4 Å². The zero-order valence-corrected chi connectivity index (χ0v) is 8.35. The zero-order valence-electron chi connectivity index (χ0n) is 6.72. The van der Waals surface area contributed by atoms with Crippen LogP contribution in [-0.4, -0.2) is 16.8 Å². The van der Waals surface area contributed by atoms with Gasteiger partial charge in [0.1, 0.15) is 4.91 Å². The van der Waals surface area contributed by atoms with Gasteiger partial charge in [-0.25, -0.2) is 0 Å². The van der Waals surface area contributed by atoms with Crippen molar-refractivity contribution in [1.29, 1.82) is 0 Å². The third kappa shape index (κ3) is 5.60. The lowest BCUT2D eigenvalue weighted by atomic mass is 10.5. The lowest BCUT2D eigenvalue weighted by Gasteiger charge is -1.92. The third-order valence-corrected chi connectivity index (χ3v) is 2.44. The largest absolute Gasteiger partial charge is 0.332 e. The highest BCUT2D eigenvalue weighted by Gasteiger charge is 2.17. The number of allylic oxidation sites excluding steroid dienone is 3. The summed E-state index contributed by atoms with van der Waals surface area (Å²) >= 11 is 0. The van der Waals surface area contributed by atoms with Gasteiger partial charge in [-0.2, -0.15) is 16.8 Å². The molecule has 0 fully saturated rings. The third-order valence-electron chi connectivity index (χ3n) is 0.935. The van der Waals surface area contributed by atoms with Gasteiger partial charge in [0.15, 0.2) is 0 Å². The lowest BCUT2D eigenvalue weighted by molar-refractivity contribution is 0.555. The molecule has 0 spiro atoms. The summed E-state index contributed by atoms with van der Waals surface area (Å²) in [6, 6.07) is 0. The molecule has 0 aromatic heterocycles. The Morgan fingerprint density at radius 3 is 1.93 bits per heavy atom. The number of hydrogen-bond donors (Lipinski definition) is 0. The average Bonchev–Trinajstić information content (AvgIpc) is 1.93. The van der Waals surface area contributed by atoms with Crippen LogP contribution in [0.25, 0.3) is 0 Å². The van der Waals surface area contributed by atoms with E-state index in [0.29, 0.717) is 6.08 Å². The van der Waals surface area contributed by atoms with Crippen molar-refractivity contribution < 1.29 is 24.6 Å². The monoisotopic (exact) mass is 244 g/mol. The maximum Gasteiger partial charge on any atom is 0.332 e. The first-order chi connectivity index (χ1) is 6.17. The van der Waals surface area contributed by atoms with Gasteiger partial charge in [-0.1, -0.05) is 18.7 Å². The van der Waals surface area contributed by atoms with E-state index in [9.17, 15) is 24.6 Å². The van der Waals surface area contributed by atoms with Crippen LogP contribution in [0, 0.1) is 0 Å². The van der Waals surface area contributed by atoms with Gasteiger partial charge in [-0.3, -0.25) is 0 Å². The van der Waals surface area contributed by atoms with Crippen molar-refractivity contribution in [2.75, 3.05) is 0 Å². The SMILES string of the molecule is C=CC=CC(=CS(=O)(=O)F)S(=O)(=O)F. The van der Waals surface area contributed by atoms with E-state index in [1.165, 1.54) is 0 Å². The molecule has 0 heterocycles. The normalized spacial score (nSPS) is 14.6. The fraction of sp³-hybridized carbons (Fsp3) is 0. The molecular weight excluding hydrogens is 238 g/mol. The molecule has 0 N–H and O–H groups in total. The zero-order chi connectivity index (χ0) is 11.4. The van der Waals surface area contributed by atoms with Crippen LogP contribution in [0.1, 0.15) is 0 Å². The van der Waals surface area contributed by atoms with Crippen molar-refractivity contribution in [3.8, 4) is 0 Å². The van der Waals surface area contributed by atoms with E-state index in [2.05, 4.69) is 6.58 Å². The van der Waals surface area contributed by atoms with E-state index in [4.69, 9.17) is 0 Å². The molecule has 0 bridgehead atoms. The van der Waals surface area contributed by atoms with Crippen LogP contribution in [0.3, 0.4) is 0 Å². The van der Waals surface area contributed by atoms with Crippen molar-refractivity contribution in [3.63, 3.8) is 0 Å². The molecule has 0 rings (SSSR count). The van der Waals surface area contributed by atoms with Gasteiger partial charge in [0.25, 0.3) is 0 Å². The van der Waals surface area contributed by atoms with E-state index in [0.717, 1.165) is 12.2 Å². The molecule has 0 aromatic carbocycles. The number of hydrogen-bond acceptors (Lipinski definition) is 4. The Bertz CT molecular complexity index is 470. The minimum Gasteiger partial charge on any atom is -0.190 e. The van der Waals surface area contributed by atoms with Crippen molar-refractivity contribution >= 4 is 20.4 Å². The van der Waals surface area contributed by atoms with E-state index < -0.39 is 25.4 Å². The van der Waals surface area contributed by atoms with Crippen LogP contribution in [0.15, 0.2) is 35.1 Å². The minimum absolute atomic E-state index is 0.331. The van der Waals surface area contributed by atoms with Gasteiger partial charge in [0.2, 0.25) is 0 Å². The van der Waals surface area contributed by atoms with E-state index >= 15 is 0 Å². The van der Waals surface area contributed by atoms with E-state index in [1.807, 2.05) is 0 Å². The Labute approximate surface area is 80.7 Å². The maximum atomic E-state index is 12.3. The molecule has 0 aliphatic rings. The summed E-state index contributed by atoms with van der Waals surface area (Å²) in [5, 5.41) is -0.331. The van der Waals surface area contributed by atoms with E-state index in [1.54, 1.807) is 0 Å². The lowest BCUT2D eigenvalue weighted by Crippen LogP contribution is -1.96. The summed E-state index contributed by atoms with van der Waals surface area (Å²) in [4.78, 5) is -1.29. The van der Waals surface area contributed by atoms with Crippen LogP contribution in [0.5, 0.6) is 0 Å². The first-order valence-electron chi connectivity index (χ1n) is 3.07. The average molecular weight is 244 g/mol. The molecule has 0 aromatic rings. The van der Waals surface area contributed by atoms with Crippen LogP contribution in [0.2, 0.25) is 0 Å². The summed E-state index contributed by atoms with van der Waals surface area (Å²) in [7, 11) is -10.5. The fourth-order valence-electron chi connectivity index (χ4n) is 0.480. The highest BCUT2D eigenvalue weighted by Crippen LogP contribution is 2.13. The molecule has 0 unspecified atom stereocenters. The second-order valence-corrected chi connectivity index (χ2v) is 4.56. The smallest absolute Gasteiger partial charge is 0.190 e. The highest BCUT2D eigenvalue weighted by atomic mass is 32.3. The summed E-state index contributed by atoms with van der Waals surface area (Å²) < 4.78 is 64.9. The first-order valence-corrected chi connectivity index (χ1v) is 5.90. The molecule has 0 atom stereocenters. The minimum atomic E-state index is -5.26. The number of halogens is 2. The maximum absolute atomic E-state index is 12.3. The van der Waals surface area contributed by atoms with Crippen molar-refractivity contribution in [2.24, 2.45) is 0 Å². The van der Waals surface area contributed by atoms with Crippen LogP contribution in [0.4, 0.5) is 7.77 Å². The Balaban J connectivity index is 5.47. The molecule has 0 radical (unpaired) electrons. The second-order valence-electron chi connectivity index (χ2n) is 2.03. The van der Waals surface area contributed by atoms with Crippen LogP contribution >= 0.6 is 0 Å². The Kier molecular flexibility index (Phi) is 4.14. The highest BCUT2D eigenvalue weighted by molar-refractivity contribution is 7.93. The molecule has 0 saturated carbocycles. The van der Waals surface area contributed by atoms with Crippen LogP contribution < -0.4 is 0 Å². The van der Waals surface area contributed by atoms with Gasteiger partial charge in [0, 0.05) is 0 Å². The molecule has 8 heteroatoms. The Hall–Kier alpha value is -1.02. The fourth-order valence-corrected chi connectivity index (χ4v) is 1.88. The molecule has 14 heavy (non-hydrogen) atoms. The molecule has 80 valence electrons. The van der Waals surface area contributed by atoms with Crippen molar-refractivity contribution in [3.05, 3.63) is 35.1 Å². The Morgan fingerprint density at radius 2 is 1.64 bits per heavy atom. The summed E-state index contributed by atoms with van der Waals surface area (Å²) in [6.45, 7) is 3.14. The summed E-state index contributed by atoms with van der Waals surface area (Å²) in [6.07, 6.45) is 2.59. The van der Waals surface area contributed by atoms with Crippen molar-refractivity contribution in [2.45, 2.75) is 0 Å². The standard InChI is InChI=1S/C6H6F2O4S2/c1-2-3-4-6(14(8,11)12)5-13(7,9)10/h2-5H,1H2. The number of rotatable bonds is 4. The molecule has 0 aliphatic heterocycles. The Morgan fingerprint density at radius 1 is 1.14 bits per heavy atom. The molecular formula is C6H6F2O4S2. The topological polar surface area (TPSA) is 68.3 Å². The molecule has 0 amide bonds. The summed E-state index contributed by atoms with van der Waals surface area (Å²) in [5.41, 5.74) is 0. The van der Waals surface area contributed by atoms with Gasteiger partial charge >= 0.3 is 20.4 Å². The first kappa shape index (κ1) is 13.0. The van der Waals surface area contributed by atoms with Crippen molar-refractivity contribution in [1.82, 2.24) is 0 Å². The van der Waals surface area contributed by atoms with Gasteiger partial charge in [-0.05, 0) is 6.08 Å². The van der Waals surface area contributed by atoms with Gasteiger partial charge < -0.3 is 0 Å². The predicted molar refractivity (Wildman–Crippen MR) is 47.5 cm³/mol. The molecule has 4 nitrogen and oxygen atoms in total. The summed E-state index contributed by atoms with van der Waals surface area (Å²) in [5.74, 6) is 0. The predicted octanol–water partition coefficient (Wildman–Crippen LogP) is 1.17. The van der Waals surface area contributed by atoms with Gasteiger partial charge in [-0.15, -0.1) is 7.77 Å². The molecule has 0 aliphatic carbocycles. The van der Waals surface area contributed by atoms with Gasteiger partial charge in [0.05, 0.1) is 5.41 Å². The second kappa shape index (κ2) is 4.47.